The van der Waals surface area contributed by atoms with Gasteiger partial charge in [-0.25, -0.2) is 4.39 Å². The van der Waals surface area contributed by atoms with Crippen LogP contribution >= 0.6 is 0 Å². The van der Waals surface area contributed by atoms with Gasteiger partial charge in [-0.15, -0.1) is 0 Å². The zero-order valence-electron chi connectivity index (χ0n) is 13.8. The highest BCUT2D eigenvalue weighted by Crippen LogP contribution is 2.31. The Balaban J connectivity index is 1.72. The van der Waals surface area contributed by atoms with Gasteiger partial charge in [0.2, 0.25) is 5.91 Å². The summed E-state index contributed by atoms with van der Waals surface area (Å²) in [6, 6.07) is 10.1. The number of aryl methyl sites for hydroxylation is 1. The highest BCUT2D eigenvalue weighted by Gasteiger charge is 2.24. The summed E-state index contributed by atoms with van der Waals surface area (Å²) < 4.78 is 18.8. The summed E-state index contributed by atoms with van der Waals surface area (Å²) in [5, 5.41) is 11.1. The topological polar surface area (TPSA) is 67.0 Å². The summed E-state index contributed by atoms with van der Waals surface area (Å²) in [7, 11) is 0. The van der Waals surface area contributed by atoms with Gasteiger partial charge >= 0.3 is 0 Å². The van der Waals surface area contributed by atoms with Crippen LogP contribution in [0.5, 0.6) is 0 Å². The Kier molecular flexibility index (Phi) is 3.97. The Hall–Kier alpha value is -2.73. The molecule has 1 fully saturated rings. The molecule has 2 aromatic carbocycles. The molecule has 0 saturated carbocycles. The van der Waals surface area contributed by atoms with Crippen molar-refractivity contribution in [3.63, 3.8) is 0 Å². The fraction of sp³-hybridized carbons (Fsp3) is 0.263. The molecule has 2 heterocycles. The van der Waals surface area contributed by atoms with Crippen molar-refractivity contribution < 1.29 is 13.9 Å². The minimum Gasteiger partial charge on any atom is -0.381 e. The molecule has 4 rings (SSSR count). The van der Waals surface area contributed by atoms with E-state index in [1.165, 1.54) is 12.1 Å². The molecule has 1 aliphatic heterocycles. The van der Waals surface area contributed by atoms with Gasteiger partial charge < -0.3 is 10.1 Å². The number of benzene rings is 2. The second-order valence-electron chi connectivity index (χ2n) is 6.35. The number of aromatic amines is 1. The minimum atomic E-state index is -0.303. The van der Waals surface area contributed by atoms with Crippen LogP contribution in [0.4, 0.5) is 10.1 Å². The number of amides is 1. The number of fused-ring (bicyclic) bond motifs is 1. The van der Waals surface area contributed by atoms with Crippen LogP contribution in [0.25, 0.3) is 22.2 Å². The number of ether oxygens (including phenoxy) is 1. The van der Waals surface area contributed by atoms with E-state index in [4.69, 9.17) is 4.74 Å². The molecule has 25 heavy (non-hydrogen) atoms. The minimum absolute atomic E-state index is 0.0351. The van der Waals surface area contributed by atoms with Crippen LogP contribution in [0.2, 0.25) is 0 Å². The lowest BCUT2D eigenvalue weighted by atomic mass is 10.0. The highest BCUT2D eigenvalue weighted by atomic mass is 19.1. The summed E-state index contributed by atoms with van der Waals surface area (Å²) in [6.07, 6.45) is 0.743. The average molecular weight is 339 g/mol. The van der Waals surface area contributed by atoms with Crippen LogP contribution in [0.3, 0.4) is 0 Å². The summed E-state index contributed by atoms with van der Waals surface area (Å²) in [6.45, 7) is 3.03. The summed E-state index contributed by atoms with van der Waals surface area (Å²) in [4.78, 5) is 12.3. The van der Waals surface area contributed by atoms with Gasteiger partial charge in [0.05, 0.1) is 23.7 Å². The first-order valence-corrected chi connectivity index (χ1v) is 8.25. The van der Waals surface area contributed by atoms with Crippen molar-refractivity contribution >= 4 is 22.5 Å². The largest absolute Gasteiger partial charge is 0.381 e. The van der Waals surface area contributed by atoms with Crippen molar-refractivity contribution in [1.29, 1.82) is 0 Å². The molecule has 6 heteroatoms. The molecular formula is C19H18FN3O2. The number of anilines is 1. The number of carbonyl (C=O) groups is 1. The summed E-state index contributed by atoms with van der Waals surface area (Å²) >= 11 is 0. The van der Waals surface area contributed by atoms with Crippen molar-refractivity contribution in [2.45, 2.75) is 13.3 Å². The fourth-order valence-electron chi connectivity index (χ4n) is 3.21. The van der Waals surface area contributed by atoms with Crippen LogP contribution in [-0.4, -0.2) is 29.3 Å². The molecule has 5 nitrogen and oxygen atoms in total. The molecule has 1 saturated heterocycles. The number of hydrogen-bond acceptors (Lipinski definition) is 3. The van der Waals surface area contributed by atoms with Gasteiger partial charge in [-0.1, -0.05) is 12.1 Å². The van der Waals surface area contributed by atoms with E-state index in [1.807, 2.05) is 25.1 Å². The third-order valence-corrected chi connectivity index (χ3v) is 4.53. The van der Waals surface area contributed by atoms with Crippen molar-refractivity contribution in [3.05, 3.63) is 47.8 Å². The van der Waals surface area contributed by atoms with Gasteiger partial charge in [-0.05, 0) is 43.2 Å². The van der Waals surface area contributed by atoms with Crippen LogP contribution < -0.4 is 5.32 Å². The molecule has 1 aromatic heterocycles. The number of H-pyrrole nitrogens is 1. The lowest BCUT2D eigenvalue weighted by Gasteiger charge is -2.10. The quantitative estimate of drug-likeness (QED) is 0.765. The number of halogens is 1. The molecule has 2 N–H and O–H groups in total. The Morgan fingerprint density at radius 3 is 3.00 bits per heavy atom. The van der Waals surface area contributed by atoms with Crippen LogP contribution in [0, 0.1) is 18.7 Å². The van der Waals surface area contributed by atoms with Gasteiger partial charge in [-0.3, -0.25) is 9.89 Å². The van der Waals surface area contributed by atoms with E-state index in [-0.39, 0.29) is 17.6 Å². The summed E-state index contributed by atoms with van der Waals surface area (Å²) in [5.74, 6) is -0.447. The number of nitrogens with zero attached hydrogens (tertiary/aromatic N) is 1. The number of aromatic nitrogens is 2. The molecule has 0 bridgehead atoms. The van der Waals surface area contributed by atoms with E-state index < -0.39 is 0 Å². The summed E-state index contributed by atoms with van der Waals surface area (Å²) in [5.41, 5.74) is 3.91. The first-order valence-electron chi connectivity index (χ1n) is 8.25. The maximum absolute atomic E-state index is 13.6. The van der Waals surface area contributed by atoms with Gasteiger partial charge in [0.1, 0.15) is 5.82 Å². The SMILES string of the molecule is Cc1cc(NC(=O)C2CCOC2)cc2c(-c3cccc(F)c3)[nH]nc12. The zero-order chi connectivity index (χ0) is 17.4. The van der Waals surface area contributed by atoms with E-state index in [1.54, 1.807) is 6.07 Å². The molecule has 0 radical (unpaired) electrons. The van der Waals surface area contributed by atoms with Crippen molar-refractivity contribution in [3.8, 4) is 11.3 Å². The second kappa shape index (κ2) is 6.29. The van der Waals surface area contributed by atoms with Crippen molar-refractivity contribution in [2.75, 3.05) is 18.5 Å². The Morgan fingerprint density at radius 1 is 1.36 bits per heavy atom. The zero-order valence-corrected chi connectivity index (χ0v) is 13.8. The monoisotopic (exact) mass is 339 g/mol. The van der Waals surface area contributed by atoms with E-state index in [9.17, 15) is 9.18 Å². The number of carbonyl (C=O) groups excluding carboxylic acids is 1. The predicted molar refractivity (Wildman–Crippen MR) is 93.8 cm³/mol. The maximum atomic E-state index is 13.6. The molecule has 128 valence electrons. The Labute approximate surface area is 144 Å². The van der Waals surface area contributed by atoms with Gasteiger partial charge in [0, 0.05) is 23.2 Å². The third kappa shape index (κ3) is 3.00. The van der Waals surface area contributed by atoms with Gasteiger partial charge in [0.25, 0.3) is 0 Å². The van der Waals surface area contributed by atoms with E-state index in [0.29, 0.717) is 18.9 Å². The molecule has 1 aliphatic rings. The predicted octanol–water partition coefficient (Wildman–Crippen LogP) is 3.65. The van der Waals surface area contributed by atoms with E-state index in [2.05, 4.69) is 15.5 Å². The molecule has 0 spiro atoms. The fourth-order valence-corrected chi connectivity index (χ4v) is 3.21. The van der Waals surface area contributed by atoms with Crippen LogP contribution in [0.15, 0.2) is 36.4 Å². The lowest BCUT2D eigenvalue weighted by Crippen LogP contribution is -2.22. The molecule has 1 amide bonds. The van der Waals surface area contributed by atoms with E-state index in [0.717, 1.165) is 34.1 Å². The second-order valence-corrected chi connectivity index (χ2v) is 6.35. The van der Waals surface area contributed by atoms with Crippen molar-refractivity contribution in [2.24, 2.45) is 5.92 Å². The normalized spacial score (nSPS) is 17.1. The highest BCUT2D eigenvalue weighted by molar-refractivity contribution is 6.00. The molecule has 3 aromatic rings. The molecule has 1 atom stereocenters. The van der Waals surface area contributed by atoms with Gasteiger partial charge in [-0.2, -0.15) is 5.10 Å². The van der Waals surface area contributed by atoms with Crippen LogP contribution in [0.1, 0.15) is 12.0 Å². The van der Waals surface area contributed by atoms with E-state index >= 15 is 0 Å². The van der Waals surface area contributed by atoms with Gasteiger partial charge in [0.15, 0.2) is 0 Å². The number of rotatable bonds is 3. The number of nitrogens with one attached hydrogen (secondary N) is 2. The number of hydrogen-bond donors (Lipinski definition) is 2. The lowest BCUT2D eigenvalue weighted by molar-refractivity contribution is -0.119. The Morgan fingerprint density at radius 2 is 2.24 bits per heavy atom. The molecular weight excluding hydrogens is 321 g/mol. The third-order valence-electron chi connectivity index (χ3n) is 4.53. The van der Waals surface area contributed by atoms with Crippen LogP contribution in [-0.2, 0) is 9.53 Å². The first kappa shape index (κ1) is 15.8. The smallest absolute Gasteiger partial charge is 0.229 e. The maximum Gasteiger partial charge on any atom is 0.229 e. The molecule has 1 unspecified atom stereocenters. The molecule has 0 aliphatic carbocycles. The standard InChI is InChI=1S/C19H18FN3O2/c1-11-7-15(21-19(24)13-5-6-25-10-13)9-16-17(11)22-23-18(16)12-3-2-4-14(20)8-12/h2-4,7-9,13H,5-6,10H2,1H3,(H,21,24)(H,22,23). The average Bonchev–Trinajstić information content (AvgIpc) is 3.25. The first-order chi connectivity index (χ1) is 12.1. The Bertz CT molecular complexity index is 945. The van der Waals surface area contributed by atoms with Crippen molar-refractivity contribution in [1.82, 2.24) is 10.2 Å².